The number of guanidine groups is 1. The zero-order valence-corrected chi connectivity index (χ0v) is 16.3. The number of rotatable bonds is 7. The van der Waals surface area contributed by atoms with E-state index in [1.165, 1.54) is 24.0 Å². The van der Waals surface area contributed by atoms with Crippen LogP contribution in [0.2, 0.25) is 0 Å². The second-order valence-electron chi connectivity index (χ2n) is 7.47. The minimum Gasteiger partial charge on any atom is -0.381 e. The van der Waals surface area contributed by atoms with E-state index in [0.717, 1.165) is 51.8 Å². The summed E-state index contributed by atoms with van der Waals surface area (Å²) in [5, 5.41) is 3.48. The minimum absolute atomic E-state index is 0.349. The summed E-state index contributed by atoms with van der Waals surface area (Å²) in [5.74, 6) is 1.03. The third-order valence-corrected chi connectivity index (χ3v) is 5.38. The molecule has 0 saturated carbocycles. The second-order valence-corrected chi connectivity index (χ2v) is 7.47. The standard InChI is InChI=1S/C21H33N3O2/c1-3-12-25-15-19-8-6-5-7-18(19)14-23-20(22-4-2)24-11-9-21(16-24)10-13-26-17-21/h5-8H,3-4,9-17H2,1-2H3,(H,22,23). The van der Waals surface area contributed by atoms with Gasteiger partial charge in [-0.05, 0) is 37.3 Å². The number of nitrogens with zero attached hydrogens (tertiary/aromatic N) is 2. The van der Waals surface area contributed by atoms with E-state index in [9.17, 15) is 0 Å². The highest BCUT2D eigenvalue weighted by molar-refractivity contribution is 5.80. The topological polar surface area (TPSA) is 46.1 Å². The van der Waals surface area contributed by atoms with Crippen molar-refractivity contribution in [2.24, 2.45) is 10.4 Å². The van der Waals surface area contributed by atoms with Crippen molar-refractivity contribution in [2.75, 3.05) is 39.5 Å². The highest BCUT2D eigenvalue weighted by atomic mass is 16.5. The van der Waals surface area contributed by atoms with Crippen LogP contribution < -0.4 is 5.32 Å². The fourth-order valence-electron chi connectivity index (χ4n) is 3.85. The highest BCUT2D eigenvalue weighted by Crippen LogP contribution is 2.38. The maximum atomic E-state index is 5.74. The first kappa shape index (κ1) is 19.2. The molecule has 26 heavy (non-hydrogen) atoms. The molecule has 0 aliphatic carbocycles. The summed E-state index contributed by atoms with van der Waals surface area (Å²) < 4.78 is 11.4. The number of likely N-dealkylation sites (tertiary alicyclic amines) is 1. The molecule has 0 bridgehead atoms. The van der Waals surface area contributed by atoms with E-state index in [1.807, 2.05) is 0 Å². The van der Waals surface area contributed by atoms with Crippen molar-refractivity contribution in [3.05, 3.63) is 35.4 Å². The zero-order valence-electron chi connectivity index (χ0n) is 16.3. The SMILES string of the molecule is CCCOCc1ccccc1CN=C(NCC)N1CCC2(CCOC2)C1. The van der Waals surface area contributed by atoms with E-state index >= 15 is 0 Å². The van der Waals surface area contributed by atoms with Crippen molar-refractivity contribution in [3.8, 4) is 0 Å². The van der Waals surface area contributed by atoms with Gasteiger partial charge in [0.05, 0.1) is 19.8 Å². The normalized spacial score (nSPS) is 23.2. The van der Waals surface area contributed by atoms with Crippen molar-refractivity contribution >= 4 is 5.96 Å². The fraction of sp³-hybridized carbons (Fsp3) is 0.667. The summed E-state index contributed by atoms with van der Waals surface area (Å²) in [7, 11) is 0. The summed E-state index contributed by atoms with van der Waals surface area (Å²) in [6.07, 6.45) is 3.44. The number of hydrogen-bond donors (Lipinski definition) is 1. The Bertz CT molecular complexity index is 597. The third kappa shape index (κ3) is 4.77. The average Bonchev–Trinajstić information content (AvgIpc) is 3.30. The highest BCUT2D eigenvalue weighted by Gasteiger charge is 2.42. The molecule has 5 nitrogen and oxygen atoms in total. The summed E-state index contributed by atoms with van der Waals surface area (Å²) in [5.41, 5.74) is 2.84. The lowest BCUT2D eigenvalue weighted by Crippen LogP contribution is -2.41. The van der Waals surface area contributed by atoms with E-state index in [2.05, 4.69) is 48.3 Å². The van der Waals surface area contributed by atoms with E-state index in [0.29, 0.717) is 18.6 Å². The van der Waals surface area contributed by atoms with Crippen LogP contribution in [0.4, 0.5) is 0 Å². The minimum atomic E-state index is 0.349. The molecule has 1 atom stereocenters. The molecule has 2 saturated heterocycles. The van der Waals surface area contributed by atoms with Crippen LogP contribution in [0.25, 0.3) is 0 Å². The Labute approximate surface area is 157 Å². The number of benzene rings is 1. The van der Waals surface area contributed by atoms with Gasteiger partial charge in [0.15, 0.2) is 5.96 Å². The van der Waals surface area contributed by atoms with Gasteiger partial charge in [0.1, 0.15) is 0 Å². The maximum absolute atomic E-state index is 5.74. The van der Waals surface area contributed by atoms with Crippen LogP contribution in [0.3, 0.4) is 0 Å². The number of nitrogens with one attached hydrogen (secondary N) is 1. The lowest BCUT2D eigenvalue weighted by Gasteiger charge is -2.25. The molecular formula is C21H33N3O2. The third-order valence-electron chi connectivity index (χ3n) is 5.38. The van der Waals surface area contributed by atoms with Crippen LogP contribution >= 0.6 is 0 Å². The number of hydrogen-bond acceptors (Lipinski definition) is 3. The predicted octanol–water partition coefficient (Wildman–Crippen LogP) is 3.19. The molecule has 1 aromatic rings. The molecule has 0 amide bonds. The molecule has 2 heterocycles. The maximum Gasteiger partial charge on any atom is 0.194 e. The molecular weight excluding hydrogens is 326 g/mol. The van der Waals surface area contributed by atoms with Crippen LogP contribution in [0.15, 0.2) is 29.3 Å². The average molecular weight is 360 g/mol. The monoisotopic (exact) mass is 359 g/mol. The van der Waals surface area contributed by atoms with Gasteiger partial charge in [0.25, 0.3) is 0 Å². The van der Waals surface area contributed by atoms with E-state index in [-0.39, 0.29) is 0 Å². The second kappa shape index (κ2) is 9.38. The van der Waals surface area contributed by atoms with Gasteiger partial charge >= 0.3 is 0 Å². The van der Waals surface area contributed by atoms with E-state index in [1.54, 1.807) is 0 Å². The molecule has 1 aromatic carbocycles. The van der Waals surface area contributed by atoms with Crippen molar-refractivity contribution in [1.82, 2.24) is 10.2 Å². The first-order valence-corrected chi connectivity index (χ1v) is 10.0. The van der Waals surface area contributed by atoms with Gasteiger partial charge in [-0.1, -0.05) is 31.2 Å². The lowest BCUT2D eigenvalue weighted by atomic mass is 9.87. The van der Waals surface area contributed by atoms with Crippen molar-refractivity contribution < 1.29 is 9.47 Å². The Hall–Kier alpha value is -1.59. The zero-order chi connectivity index (χ0) is 18.2. The molecule has 1 N–H and O–H groups in total. The molecule has 1 unspecified atom stereocenters. The summed E-state index contributed by atoms with van der Waals surface area (Å²) in [6, 6.07) is 8.47. The molecule has 0 aromatic heterocycles. The Kier molecular flexibility index (Phi) is 6.92. The van der Waals surface area contributed by atoms with Crippen molar-refractivity contribution in [2.45, 2.75) is 46.3 Å². The molecule has 2 aliphatic heterocycles. The van der Waals surface area contributed by atoms with Crippen molar-refractivity contribution in [3.63, 3.8) is 0 Å². The van der Waals surface area contributed by atoms with Gasteiger partial charge in [0.2, 0.25) is 0 Å². The van der Waals surface area contributed by atoms with Gasteiger partial charge < -0.3 is 19.7 Å². The van der Waals surface area contributed by atoms with Crippen LogP contribution in [-0.4, -0.2) is 50.3 Å². The quantitative estimate of drug-likeness (QED) is 0.461. The first-order valence-electron chi connectivity index (χ1n) is 10.0. The Morgan fingerprint density at radius 1 is 1.27 bits per heavy atom. The summed E-state index contributed by atoms with van der Waals surface area (Å²) in [4.78, 5) is 7.36. The fourth-order valence-corrected chi connectivity index (χ4v) is 3.85. The largest absolute Gasteiger partial charge is 0.381 e. The van der Waals surface area contributed by atoms with Crippen molar-refractivity contribution in [1.29, 1.82) is 0 Å². The number of ether oxygens (including phenoxy) is 2. The Morgan fingerprint density at radius 3 is 2.85 bits per heavy atom. The Balaban J connectivity index is 1.66. The smallest absolute Gasteiger partial charge is 0.194 e. The van der Waals surface area contributed by atoms with E-state index < -0.39 is 0 Å². The van der Waals surface area contributed by atoms with Gasteiger partial charge in [-0.25, -0.2) is 4.99 Å². The molecule has 0 radical (unpaired) electrons. The molecule has 3 rings (SSSR count). The molecule has 144 valence electrons. The van der Waals surface area contributed by atoms with E-state index in [4.69, 9.17) is 14.5 Å². The van der Waals surface area contributed by atoms with Crippen LogP contribution in [0.5, 0.6) is 0 Å². The molecule has 5 heteroatoms. The predicted molar refractivity (Wildman–Crippen MR) is 105 cm³/mol. The summed E-state index contributed by atoms with van der Waals surface area (Å²) >= 11 is 0. The molecule has 2 fully saturated rings. The first-order chi connectivity index (χ1) is 12.8. The van der Waals surface area contributed by atoms with Gasteiger partial charge in [-0.2, -0.15) is 0 Å². The summed E-state index contributed by atoms with van der Waals surface area (Å²) in [6.45, 7) is 11.2. The number of aliphatic imine (C=N–C) groups is 1. The molecule has 2 aliphatic rings. The van der Waals surface area contributed by atoms with Crippen LogP contribution in [-0.2, 0) is 22.6 Å². The van der Waals surface area contributed by atoms with Gasteiger partial charge in [0, 0.05) is 38.3 Å². The van der Waals surface area contributed by atoms with Gasteiger partial charge in [-0.15, -0.1) is 0 Å². The van der Waals surface area contributed by atoms with Crippen LogP contribution in [0, 0.1) is 5.41 Å². The lowest BCUT2D eigenvalue weighted by molar-refractivity contribution is 0.121. The van der Waals surface area contributed by atoms with Crippen LogP contribution in [0.1, 0.15) is 44.2 Å². The molecule has 1 spiro atoms. The Morgan fingerprint density at radius 2 is 2.12 bits per heavy atom. The van der Waals surface area contributed by atoms with Gasteiger partial charge in [-0.3, -0.25) is 0 Å².